The molecule has 0 fully saturated rings. The van der Waals surface area contributed by atoms with E-state index in [0.717, 1.165) is 12.0 Å². The second-order valence-electron chi connectivity index (χ2n) is 11.0. The van der Waals surface area contributed by atoms with Crippen molar-refractivity contribution in [2.24, 2.45) is 5.92 Å². The highest BCUT2D eigenvalue weighted by atomic mass is 16.5. The summed E-state index contributed by atoms with van der Waals surface area (Å²) in [7, 11) is 1.49. The van der Waals surface area contributed by atoms with Crippen LogP contribution >= 0.6 is 0 Å². The number of ether oxygens (including phenoxy) is 1. The largest absolute Gasteiger partial charge is 0.496 e. The van der Waals surface area contributed by atoms with Crippen LogP contribution in [-0.4, -0.2) is 76.0 Å². The van der Waals surface area contributed by atoms with E-state index in [1.165, 1.54) is 12.7 Å². The fourth-order valence-corrected chi connectivity index (χ4v) is 5.10. The van der Waals surface area contributed by atoms with Crippen LogP contribution in [0.1, 0.15) is 42.8 Å². The normalized spacial score (nSPS) is 14.4. The molecule has 1 aliphatic rings. The Bertz CT molecular complexity index is 1480. The van der Waals surface area contributed by atoms with Crippen molar-refractivity contribution < 1.29 is 33.5 Å². The van der Waals surface area contributed by atoms with E-state index in [1.807, 2.05) is 23.1 Å². The molecule has 3 N–H and O–H groups in total. The van der Waals surface area contributed by atoms with Crippen LogP contribution in [0, 0.1) is 12.8 Å². The predicted molar refractivity (Wildman–Crippen MR) is 156 cm³/mol. The van der Waals surface area contributed by atoms with Crippen molar-refractivity contribution in [3.8, 4) is 17.2 Å². The molecule has 228 valence electrons. The van der Waals surface area contributed by atoms with E-state index >= 15 is 0 Å². The number of Topliss-reactive ketones (excluding diaryl/α,β-unsaturated/α-hetero) is 1. The Balaban J connectivity index is 1.42. The number of rotatable bonds is 13. The van der Waals surface area contributed by atoms with Crippen LogP contribution in [0.2, 0.25) is 0 Å². The van der Waals surface area contributed by atoms with E-state index in [-0.39, 0.29) is 18.9 Å². The van der Waals surface area contributed by atoms with Gasteiger partial charge in [-0.1, -0.05) is 43.3 Å². The number of carbonyl (C=O) groups is 4. The van der Waals surface area contributed by atoms with Crippen molar-refractivity contribution in [1.82, 2.24) is 25.7 Å². The van der Waals surface area contributed by atoms with Crippen LogP contribution < -0.4 is 15.4 Å². The minimum absolute atomic E-state index is 0.000963. The molecule has 2 aromatic carbocycles. The number of amides is 2. The molecule has 43 heavy (non-hydrogen) atoms. The Morgan fingerprint density at radius 1 is 1.09 bits per heavy atom. The highest BCUT2D eigenvalue weighted by molar-refractivity contribution is 5.95. The van der Waals surface area contributed by atoms with Gasteiger partial charge in [-0.05, 0) is 48.6 Å². The SMILES string of the molecule is COc1ccc(-c2nc(C)no2)cc1CC(=O)N[C@H](C(=O)NC(CC(=O)O)C(=O)CN1CCc2ccccc2C1)C(C)C. The van der Waals surface area contributed by atoms with E-state index < -0.39 is 42.1 Å². The van der Waals surface area contributed by atoms with Crippen LogP contribution in [0.15, 0.2) is 47.0 Å². The van der Waals surface area contributed by atoms with Crippen molar-refractivity contribution in [2.45, 2.75) is 58.7 Å². The minimum atomic E-state index is -1.24. The molecular weight excluding hydrogens is 554 g/mol. The number of ketones is 1. The molecule has 12 nitrogen and oxygen atoms in total. The molecule has 1 aliphatic heterocycles. The zero-order valence-electron chi connectivity index (χ0n) is 24.8. The van der Waals surface area contributed by atoms with Gasteiger partial charge >= 0.3 is 5.97 Å². The maximum absolute atomic E-state index is 13.4. The van der Waals surface area contributed by atoms with E-state index in [1.54, 1.807) is 39.0 Å². The molecule has 1 aromatic heterocycles. The fraction of sp³-hybridized carbons (Fsp3) is 0.419. The van der Waals surface area contributed by atoms with Gasteiger partial charge in [0.25, 0.3) is 5.89 Å². The molecule has 0 saturated heterocycles. The quantitative estimate of drug-likeness (QED) is 0.269. The summed E-state index contributed by atoms with van der Waals surface area (Å²) < 4.78 is 10.6. The molecule has 2 heterocycles. The number of carboxylic acids is 1. The van der Waals surface area contributed by atoms with Crippen LogP contribution in [0.3, 0.4) is 0 Å². The van der Waals surface area contributed by atoms with Gasteiger partial charge in [0.2, 0.25) is 11.8 Å². The van der Waals surface area contributed by atoms with Gasteiger partial charge < -0.3 is 25.0 Å². The maximum atomic E-state index is 13.4. The third-order valence-electron chi connectivity index (χ3n) is 7.34. The number of methoxy groups -OCH3 is 1. The third-order valence-corrected chi connectivity index (χ3v) is 7.34. The Kier molecular flexibility index (Phi) is 10.3. The van der Waals surface area contributed by atoms with E-state index in [0.29, 0.717) is 41.7 Å². The smallest absolute Gasteiger partial charge is 0.305 e. The summed E-state index contributed by atoms with van der Waals surface area (Å²) in [5, 5.41) is 18.6. The van der Waals surface area contributed by atoms with Gasteiger partial charge in [0, 0.05) is 24.2 Å². The number of fused-ring (bicyclic) bond motifs is 1. The van der Waals surface area contributed by atoms with E-state index in [2.05, 4.69) is 26.8 Å². The standard InChI is InChI=1S/C31H37N5O7/c1-18(2)29(34-27(38)14-23-13-21(9-10-26(23)42-4)31-32-19(3)35-43-31)30(41)33-24(15-28(39)40)25(37)17-36-12-11-20-7-5-6-8-22(20)16-36/h5-10,13,18,24,29H,11-12,14-17H2,1-4H3,(H,33,41)(H,34,38)(H,39,40)/t24?,29-/m0/s1. The molecule has 0 saturated carbocycles. The monoisotopic (exact) mass is 591 g/mol. The lowest BCUT2D eigenvalue weighted by Crippen LogP contribution is -2.55. The number of hydrogen-bond acceptors (Lipinski definition) is 9. The lowest BCUT2D eigenvalue weighted by Gasteiger charge is -2.30. The van der Waals surface area contributed by atoms with E-state index in [9.17, 15) is 24.3 Å². The van der Waals surface area contributed by atoms with Gasteiger partial charge in [-0.15, -0.1) is 0 Å². The number of nitrogens with zero attached hydrogens (tertiary/aromatic N) is 3. The molecule has 0 radical (unpaired) electrons. The average molecular weight is 592 g/mol. The number of hydrogen-bond donors (Lipinski definition) is 3. The molecule has 0 spiro atoms. The van der Waals surface area contributed by atoms with Gasteiger partial charge in [-0.3, -0.25) is 24.1 Å². The zero-order chi connectivity index (χ0) is 31.1. The second-order valence-corrected chi connectivity index (χ2v) is 11.0. The molecule has 3 aromatic rings. The van der Waals surface area contributed by atoms with Gasteiger partial charge in [-0.2, -0.15) is 4.98 Å². The molecule has 0 aliphatic carbocycles. The van der Waals surface area contributed by atoms with Gasteiger partial charge in [0.05, 0.1) is 32.5 Å². The van der Waals surface area contributed by atoms with Crippen LogP contribution in [0.25, 0.3) is 11.5 Å². The molecular formula is C31H37N5O7. The topological polar surface area (TPSA) is 164 Å². The lowest BCUT2D eigenvalue weighted by atomic mass is 9.98. The number of benzene rings is 2. The van der Waals surface area contributed by atoms with Crippen molar-refractivity contribution in [2.75, 3.05) is 20.2 Å². The Morgan fingerprint density at radius 3 is 2.49 bits per heavy atom. The Hall–Kier alpha value is -4.58. The average Bonchev–Trinajstić information content (AvgIpc) is 3.41. The number of nitrogens with one attached hydrogen (secondary N) is 2. The van der Waals surface area contributed by atoms with Crippen molar-refractivity contribution in [1.29, 1.82) is 0 Å². The molecule has 4 rings (SSSR count). The highest BCUT2D eigenvalue weighted by Gasteiger charge is 2.31. The minimum Gasteiger partial charge on any atom is -0.496 e. The number of carboxylic acid groups (broad SMARTS) is 1. The van der Waals surface area contributed by atoms with Crippen LogP contribution in [-0.2, 0) is 38.6 Å². The number of aryl methyl sites for hydroxylation is 1. The molecule has 12 heteroatoms. The summed E-state index contributed by atoms with van der Waals surface area (Å²) in [5.74, 6) is -1.82. The summed E-state index contributed by atoms with van der Waals surface area (Å²) in [4.78, 5) is 57.5. The predicted octanol–water partition coefficient (Wildman–Crippen LogP) is 2.32. The molecule has 1 unspecified atom stereocenters. The summed E-state index contributed by atoms with van der Waals surface area (Å²) >= 11 is 0. The summed E-state index contributed by atoms with van der Waals surface area (Å²) in [6.45, 7) is 6.42. The first-order valence-corrected chi connectivity index (χ1v) is 14.1. The third kappa shape index (κ3) is 8.25. The van der Waals surface area contributed by atoms with Crippen molar-refractivity contribution >= 4 is 23.6 Å². The molecule has 2 amide bonds. The van der Waals surface area contributed by atoms with Gasteiger partial charge in [-0.25, -0.2) is 0 Å². The fourth-order valence-electron chi connectivity index (χ4n) is 5.10. The van der Waals surface area contributed by atoms with Crippen LogP contribution in [0.4, 0.5) is 0 Å². The van der Waals surface area contributed by atoms with Gasteiger partial charge in [0.15, 0.2) is 11.6 Å². The molecule has 0 bridgehead atoms. The summed E-state index contributed by atoms with van der Waals surface area (Å²) in [5.41, 5.74) is 3.50. The summed E-state index contributed by atoms with van der Waals surface area (Å²) in [6, 6.07) is 10.9. The first-order chi connectivity index (χ1) is 20.5. The zero-order valence-corrected chi connectivity index (χ0v) is 24.8. The summed E-state index contributed by atoms with van der Waals surface area (Å²) in [6.07, 6.45) is 0.102. The number of aromatic nitrogens is 2. The Labute approximate surface area is 249 Å². The van der Waals surface area contributed by atoms with Gasteiger partial charge in [0.1, 0.15) is 11.8 Å². The van der Waals surface area contributed by atoms with Crippen molar-refractivity contribution in [3.63, 3.8) is 0 Å². The second kappa shape index (κ2) is 14.1. The number of aliphatic carboxylic acids is 1. The number of carbonyl (C=O) groups excluding carboxylic acids is 3. The van der Waals surface area contributed by atoms with E-state index in [4.69, 9.17) is 9.26 Å². The molecule has 2 atom stereocenters. The first kappa shape index (κ1) is 31.4. The maximum Gasteiger partial charge on any atom is 0.305 e. The Morgan fingerprint density at radius 2 is 1.84 bits per heavy atom. The van der Waals surface area contributed by atoms with Crippen molar-refractivity contribution in [3.05, 3.63) is 65.0 Å². The lowest BCUT2D eigenvalue weighted by molar-refractivity contribution is -0.141. The first-order valence-electron chi connectivity index (χ1n) is 14.1. The van der Waals surface area contributed by atoms with Crippen LogP contribution in [0.5, 0.6) is 5.75 Å². The highest BCUT2D eigenvalue weighted by Crippen LogP contribution is 2.26.